The second kappa shape index (κ2) is 7.53. The molecule has 26 heavy (non-hydrogen) atoms. The first-order chi connectivity index (χ1) is 12.7. The maximum Gasteiger partial charge on any atom is 0.231 e. The van der Waals surface area contributed by atoms with Gasteiger partial charge in [-0.25, -0.2) is 4.68 Å². The quantitative estimate of drug-likeness (QED) is 0.776. The second-order valence-corrected chi connectivity index (χ2v) is 7.48. The summed E-state index contributed by atoms with van der Waals surface area (Å²) in [6, 6.07) is 5.95. The first kappa shape index (κ1) is 17.1. The zero-order valence-corrected chi connectivity index (χ0v) is 15.4. The molecule has 1 amide bonds. The molecule has 1 N–H and O–H groups in total. The van der Waals surface area contributed by atoms with Gasteiger partial charge in [-0.3, -0.25) is 4.79 Å². The van der Waals surface area contributed by atoms with Crippen molar-refractivity contribution in [3.8, 4) is 11.5 Å². The maximum atomic E-state index is 12.3. The number of amides is 1. The van der Waals surface area contributed by atoms with Crippen molar-refractivity contribution < 1.29 is 14.3 Å². The van der Waals surface area contributed by atoms with E-state index < -0.39 is 0 Å². The molecule has 1 saturated carbocycles. The number of carbonyl (C=O) groups excluding carboxylic acids is 1. The molecule has 0 saturated heterocycles. The lowest BCUT2D eigenvalue weighted by Crippen LogP contribution is -2.28. The third kappa shape index (κ3) is 3.62. The summed E-state index contributed by atoms with van der Waals surface area (Å²) in [7, 11) is 0. The highest BCUT2D eigenvalue weighted by atomic mass is 32.2. The minimum atomic E-state index is -0.122. The van der Waals surface area contributed by atoms with Crippen molar-refractivity contribution in [2.45, 2.75) is 49.8 Å². The molecule has 1 aliphatic carbocycles. The van der Waals surface area contributed by atoms with Gasteiger partial charge in [-0.15, -0.1) is 5.10 Å². The number of tetrazole rings is 1. The molecule has 0 spiro atoms. The Hall–Kier alpha value is -2.29. The van der Waals surface area contributed by atoms with E-state index in [2.05, 4.69) is 20.8 Å². The predicted octanol–water partition coefficient (Wildman–Crippen LogP) is 2.49. The fraction of sp³-hybridized carbons (Fsp3) is 0.529. The highest BCUT2D eigenvalue weighted by Gasteiger charge is 2.22. The Morgan fingerprint density at radius 1 is 1.35 bits per heavy atom. The number of rotatable bonds is 6. The van der Waals surface area contributed by atoms with E-state index in [0.29, 0.717) is 16.9 Å². The molecule has 1 aromatic heterocycles. The Labute approximate surface area is 155 Å². The Morgan fingerprint density at radius 3 is 3.00 bits per heavy atom. The summed E-state index contributed by atoms with van der Waals surface area (Å²) in [5.74, 6) is 1.68. The van der Waals surface area contributed by atoms with Crippen molar-refractivity contribution in [3.63, 3.8) is 0 Å². The summed E-state index contributed by atoms with van der Waals surface area (Å²) in [6.07, 6.45) is 4.63. The van der Waals surface area contributed by atoms with Crippen LogP contribution in [0, 0.1) is 0 Å². The van der Waals surface area contributed by atoms with Crippen LogP contribution in [0.25, 0.3) is 0 Å². The van der Waals surface area contributed by atoms with Crippen LogP contribution in [0.3, 0.4) is 0 Å². The van der Waals surface area contributed by atoms with Crippen LogP contribution in [0.5, 0.6) is 11.5 Å². The minimum Gasteiger partial charge on any atom is -0.454 e. The van der Waals surface area contributed by atoms with E-state index in [1.807, 2.05) is 29.8 Å². The van der Waals surface area contributed by atoms with Gasteiger partial charge in [-0.2, -0.15) is 0 Å². The zero-order chi connectivity index (χ0) is 17.9. The van der Waals surface area contributed by atoms with Crippen LogP contribution >= 0.6 is 11.8 Å². The van der Waals surface area contributed by atoms with Crippen LogP contribution in [-0.4, -0.2) is 38.7 Å². The van der Waals surface area contributed by atoms with E-state index in [-0.39, 0.29) is 24.5 Å². The van der Waals surface area contributed by atoms with Gasteiger partial charge in [0.25, 0.3) is 0 Å². The van der Waals surface area contributed by atoms with Crippen molar-refractivity contribution in [1.29, 1.82) is 0 Å². The molecule has 2 aromatic rings. The van der Waals surface area contributed by atoms with E-state index >= 15 is 0 Å². The Balaban J connectivity index is 1.32. The van der Waals surface area contributed by atoms with E-state index in [1.54, 1.807) is 0 Å². The third-order valence-corrected chi connectivity index (χ3v) is 5.67. The molecule has 1 aromatic carbocycles. The van der Waals surface area contributed by atoms with E-state index in [4.69, 9.17) is 9.47 Å². The molecule has 9 heteroatoms. The fourth-order valence-electron chi connectivity index (χ4n) is 3.34. The van der Waals surface area contributed by atoms with Crippen LogP contribution in [0.1, 0.15) is 50.3 Å². The van der Waals surface area contributed by atoms with Crippen LogP contribution in [-0.2, 0) is 4.79 Å². The van der Waals surface area contributed by atoms with E-state index in [1.165, 1.54) is 24.6 Å². The van der Waals surface area contributed by atoms with Crippen LogP contribution < -0.4 is 14.8 Å². The molecule has 1 aliphatic heterocycles. The van der Waals surface area contributed by atoms with Crippen molar-refractivity contribution >= 4 is 17.7 Å². The van der Waals surface area contributed by atoms with Gasteiger partial charge < -0.3 is 14.8 Å². The number of benzene rings is 1. The summed E-state index contributed by atoms with van der Waals surface area (Å²) in [5.41, 5.74) is 0.975. The molecule has 0 bridgehead atoms. The summed E-state index contributed by atoms with van der Waals surface area (Å²) < 4.78 is 12.6. The zero-order valence-electron chi connectivity index (χ0n) is 14.6. The number of aromatic nitrogens is 4. The van der Waals surface area contributed by atoms with Gasteiger partial charge in [0.1, 0.15) is 0 Å². The van der Waals surface area contributed by atoms with Crippen molar-refractivity contribution in [2.75, 3.05) is 12.5 Å². The summed E-state index contributed by atoms with van der Waals surface area (Å²) in [6.45, 7) is 2.19. The smallest absolute Gasteiger partial charge is 0.231 e. The Morgan fingerprint density at radius 2 is 2.15 bits per heavy atom. The number of hydrogen-bond donors (Lipinski definition) is 1. The topological polar surface area (TPSA) is 91.2 Å². The average molecular weight is 375 g/mol. The highest BCUT2D eigenvalue weighted by Crippen LogP contribution is 2.34. The van der Waals surface area contributed by atoms with Gasteiger partial charge in [0.2, 0.25) is 17.9 Å². The molecular formula is C17H21N5O3S. The van der Waals surface area contributed by atoms with E-state index in [9.17, 15) is 4.79 Å². The third-order valence-electron chi connectivity index (χ3n) is 4.74. The van der Waals surface area contributed by atoms with E-state index in [0.717, 1.165) is 24.2 Å². The number of carbonyl (C=O) groups is 1. The van der Waals surface area contributed by atoms with Gasteiger partial charge in [-0.1, -0.05) is 30.7 Å². The number of ether oxygens (including phenoxy) is 2. The lowest BCUT2D eigenvalue weighted by Gasteiger charge is -2.15. The number of nitrogens with one attached hydrogen (secondary N) is 1. The van der Waals surface area contributed by atoms with Crippen molar-refractivity contribution in [1.82, 2.24) is 25.5 Å². The highest BCUT2D eigenvalue weighted by molar-refractivity contribution is 7.99. The fourth-order valence-corrected chi connectivity index (χ4v) is 4.09. The van der Waals surface area contributed by atoms with Crippen LogP contribution in [0.4, 0.5) is 0 Å². The summed E-state index contributed by atoms with van der Waals surface area (Å²) in [4.78, 5) is 12.3. The normalized spacial score (nSPS) is 17.4. The summed E-state index contributed by atoms with van der Waals surface area (Å²) in [5, 5.41) is 15.6. The van der Waals surface area contributed by atoms with Gasteiger partial charge in [0.15, 0.2) is 11.5 Å². The summed E-state index contributed by atoms with van der Waals surface area (Å²) >= 11 is 1.38. The monoisotopic (exact) mass is 375 g/mol. The molecule has 0 unspecified atom stereocenters. The van der Waals surface area contributed by atoms with Crippen molar-refractivity contribution in [3.05, 3.63) is 23.8 Å². The molecule has 138 valence electrons. The standard InChI is InChI=1S/C17H21N5O3S/c1-11(12-6-7-14-15(8-12)25-10-24-14)18-16(23)9-26-17-19-20-21-22(17)13-4-2-3-5-13/h6-8,11,13H,2-5,9-10H2,1H3,(H,18,23)/t11-/m1/s1. The Bertz CT molecular complexity index is 790. The van der Waals surface area contributed by atoms with Crippen LogP contribution in [0.2, 0.25) is 0 Å². The predicted molar refractivity (Wildman–Crippen MR) is 95.2 cm³/mol. The molecule has 0 radical (unpaired) electrons. The maximum absolute atomic E-state index is 12.3. The van der Waals surface area contributed by atoms with Gasteiger partial charge in [0, 0.05) is 0 Å². The number of fused-ring (bicyclic) bond motifs is 1. The minimum absolute atomic E-state index is 0.0545. The second-order valence-electron chi connectivity index (χ2n) is 6.53. The molecule has 8 nitrogen and oxygen atoms in total. The first-order valence-electron chi connectivity index (χ1n) is 8.80. The molecule has 2 aliphatic rings. The van der Waals surface area contributed by atoms with Crippen molar-refractivity contribution in [2.24, 2.45) is 0 Å². The lowest BCUT2D eigenvalue weighted by atomic mass is 10.1. The molecule has 1 atom stereocenters. The largest absolute Gasteiger partial charge is 0.454 e. The number of nitrogens with zero attached hydrogens (tertiary/aromatic N) is 4. The molecule has 1 fully saturated rings. The number of hydrogen-bond acceptors (Lipinski definition) is 7. The van der Waals surface area contributed by atoms with Gasteiger partial charge in [-0.05, 0) is 47.9 Å². The number of thioether (sulfide) groups is 1. The lowest BCUT2D eigenvalue weighted by molar-refractivity contribution is -0.119. The molecule has 4 rings (SSSR count). The SMILES string of the molecule is C[C@@H](NC(=O)CSc1nnnn1C1CCCC1)c1ccc2c(c1)OCO2. The average Bonchev–Trinajstić information content (AvgIpc) is 3.39. The molecular weight excluding hydrogens is 354 g/mol. The van der Waals surface area contributed by atoms with Gasteiger partial charge in [0.05, 0.1) is 17.8 Å². The first-order valence-corrected chi connectivity index (χ1v) is 9.79. The van der Waals surface area contributed by atoms with Crippen LogP contribution in [0.15, 0.2) is 23.4 Å². The molecule has 2 heterocycles. The Kier molecular flexibility index (Phi) is 4.96. The van der Waals surface area contributed by atoms with Gasteiger partial charge >= 0.3 is 0 Å².